The molecule has 0 radical (unpaired) electrons. The lowest BCUT2D eigenvalue weighted by atomic mass is 10.1. The lowest BCUT2D eigenvalue weighted by Gasteiger charge is -2.23. The molecule has 1 N–H and O–H groups in total. The minimum absolute atomic E-state index is 0.0585. The Balaban J connectivity index is 1.35. The summed E-state index contributed by atoms with van der Waals surface area (Å²) in [6.45, 7) is 0.563. The van der Waals surface area contributed by atoms with Crippen LogP contribution < -0.4 is 10.1 Å². The Bertz CT molecular complexity index is 663. The summed E-state index contributed by atoms with van der Waals surface area (Å²) in [5, 5.41) is 2.98. The standard InChI is InChI=1S/C21H28N2O3/c24-20-12-15(14-23(20)17-7-1-2-8-17)21(25)22-16-6-5-11-19(13-16)26-18-9-3-4-10-18/h5-6,11,13,15,17-18H,1-4,7-10,12,14H2,(H,22,25)/t15-/m1/s1. The number of nitrogens with one attached hydrogen (secondary N) is 1. The van der Waals surface area contributed by atoms with Gasteiger partial charge in [-0.05, 0) is 50.7 Å². The van der Waals surface area contributed by atoms with Crippen molar-refractivity contribution in [3.05, 3.63) is 24.3 Å². The van der Waals surface area contributed by atoms with Crippen molar-refractivity contribution in [1.29, 1.82) is 0 Å². The average molecular weight is 356 g/mol. The minimum atomic E-state index is -0.248. The van der Waals surface area contributed by atoms with Crippen molar-refractivity contribution >= 4 is 17.5 Å². The van der Waals surface area contributed by atoms with Crippen molar-refractivity contribution < 1.29 is 14.3 Å². The number of ether oxygens (including phenoxy) is 1. The van der Waals surface area contributed by atoms with Gasteiger partial charge in [0.25, 0.3) is 0 Å². The normalized spacial score (nSPS) is 24.4. The molecule has 0 bridgehead atoms. The first-order valence-corrected chi connectivity index (χ1v) is 10.1. The predicted molar refractivity (Wildman–Crippen MR) is 100 cm³/mol. The van der Waals surface area contributed by atoms with E-state index in [1.54, 1.807) is 0 Å². The van der Waals surface area contributed by atoms with Gasteiger partial charge in [0.1, 0.15) is 5.75 Å². The van der Waals surface area contributed by atoms with Gasteiger partial charge in [0.05, 0.1) is 12.0 Å². The molecule has 5 nitrogen and oxygen atoms in total. The zero-order chi connectivity index (χ0) is 17.9. The molecule has 0 unspecified atom stereocenters. The molecule has 1 aromatic carbocycles. The topological polar surface area (TPSA) is 58.6 Å². The van der Waals surface area contributed by atoms with Crippen LogP contribution in [0.25, 0.3) is 0 Å². The van der Waals surface area contributed by atoms with E-state index in [4.69, 9.17) is 4.74 Å². The van der Waals surface area contributed by atoms with Crippen molar-refractivity contribution in [1.82, 2.24) is 4.90 Å². The molecular weight excluding hydrogens is 328 g/mol. The smallest absolute Gasteiger partial charge is 0.229 e. The monoisotopic (exact) mass is 356 g/mol. The second kappa shape index (κ2) is 7.68. The Morgan fingerprint density at radius 2 is 1.81 bits per heavy atom. The molecule has 3 fully saturated rings. The number of likely N-dealkylation sites (tertiary alicyclic amines) is 1. The van der Waals surface area contributed by atoms with E-state index >= 15 is 0 Å². The number of hydrogen-bond donors (Lipinski definition) is 1. The maximum atomic E-state index is 12.6. The molecule has 5 heteroatoms. The molecule has 1 aliphatic heterocycles. The van der Waals surface area contributed by atoms with Crippen LogP contribution in [0.4, 0.5) is 5.69 Å². The lowest BCUT2D eigenvalue weighted by molar-refractivity contribution is -0.129. The van der Waals surface area contributed by atoms with Crippen LogP contribution >= 0.6 is 0 Å². The third kappa shape index (κ3) is 3.87. The van der Waals surface area contributed by atoms with Gasteiger partial charge >= 0.3 is 0 Å². The van der Waals surface area contributed by atoms with Gasteiger partial charge in [-0.3, -0.25) is 9.59 Å². The number of benzene rings is 1. The molecule has 140 valence electrons. The molecule has 2 saturated carbocycles. The van der Waals surface area contributed by atoms with Gasteiger partial charge in [-0.2, -0.15) is 0 Å². The van der Waals surface area contributed by atoms with Crippen LogP contribution in [0.3, 0.4) is 0 Å². The summed E-state index contributed by atoms with van der Waals surface area (Å²) in [4.78, 5) is 26.9. The molecule has 1 aromatic rings. The fourth-order valence-electron chi connectivity index (χ4n) is 4.57. The van der Waals surface area contributed by atoms with E-state index < -0.39 is 0 Å². The van der Waals surface area contributed by atoms with Crippen molar-refractivity contribution in [3.8, 4) is 5.75 Å². The highest BCUT2D eigenvalue weighted by molar-refractivity contribution is 5.97. The maximum Gasteiger partial charge on any atom is 0.229 e. The number of amides is 2. The summed E-state index contributed by atoms with van der Waals surface area (Å²) in [5.74, 6) is 0.638. The molecule has 26 heavy (non-hydrogen) atoms. The van der Waals surface area contributed by atoms with Crippen molar-refractivity contribution in [2.45, 2.75) is 69.9 Å². The van der Waals surface area contributed by atoms with E-state index in [0.29, 0.717) is 25.1 Å². The fourth-order valence-corrected chi connectivity index (χ4v) is 4.57. The van der Waals surface area contributed by atoms with Gasteiger partial charge in [-0.25, -0.2) is 0 Å². The van der Waals surface area contributed by atoms with Crippen LogP contribution in [0.15, 0.2) is 24.3 Å². The SMILES string of the molecule is O=C(Nc1cccc(OC2CCCC2)c1)[C@@H]1CC(=O)N(C2CCCC2)C1. The zero-order valence-electron chi connectivity index (χ0n) is 15.3. The first kappa shape index (κ1) is 17.4. The Morgan fingerprint density at radius 3 is 2.58 bits per heavy atom. The minimum Gasteiger partial charge on any atom is -0.490 e. The molecule has 1 saturated heterocycles. The van der Waals surface area contributed by atoms with E-state index in [2.05, 4.69) is 5.32 Å². The Labute approximate surface area is 155 Å². The first-order chi connectivity index (χ1) is 12.7. The Kier molecular flexibility index (Phi) is 5.14. The van der Waals surface area contributed by atoms with Crippen LogP contribution in [-0.4, -0.2) is 35.4 Å². The Hall–Kier alpha value is -2.04. The van der Waals surface area contributed by atoms with Crippen molar-refractivity contribution in [2.75, 3.05) is 11.9 Å². The van der Waals surface area contributed by atoms with Crippen molar-refractivity contribution in [2.24, 2.45) is 5.92 Å². The lowest BCUT2D eigenvalue weighted by Crippen LogP contribution is -2.35. The molecular formula is C21H28N2O3. The largest absolute Gasteiger partial charge is 0.490 e. The van der Waals surface area contributed by atoms with E-state index in [1.165, 1.54) is 25.7 Å². The molecule has 0 spiro atoms. The summed E-state index contributed by atoms with van der Waals surface area (Å²) in [5.41, 5.74) is 0.747. The van der Waals surface area contributed by atoms with E-state index in [1.807, 2.05) is 29.2 Å². The number of carbonyl (C=O) groups excluding carboxylic acids is 2. The molecule has 1 atom stereocenters. The number of rotatable bonds is 5. The van der Waals surface area contributed by atoms with Crippen molar-refractivity contribution in [3.63, 3.8) is 0 Å². The van der Waals surface area contributed by atoms with Crippen LogP contribution in [0.5, 0.6) is 5.75 Å². The molecule has 4 rings (SSSR count). The summed E-state index contributed by atoms with van der Waals surface area (Å²) < 4.78 is 6.01. The molecule has 0 aromatic heterocycles. The van der Waals surface area contributed by atoms with Gasteiger partial charge in [0.2, 0.25) is 11.8 Å². The first-order valence-electron chi connectivity index (χ1n) is 10.1. The average Bonchev–Trinajstić information content (AvgIpc) is 3.36. The third-order valence-electron chi connectivity index (χ3n) is 6.00. The van der Waals surface area contributed by atoms with Gasteiger partial charge in [0, 0.05) is 30.8 Å². The number of nitrogens with zero attached hydrogens (tertiary/aromatic N) is 1. The van der Waals surface area contributed by atoms with E-state index in [-0.39, 0.29) is 17.7 Å². The molecule has 2 amide bonds. The van der Waals surface area contributed by atoms with E-state index in [9.17, 15) is 9.59 Å². The Morgan fingerprint density at radius 1 is 1.08 bits per heavy atom. The summed E-state index contributed by atoms with van der Waals surface area (Å²) >= 11 is 0. The number of anilines is 1. The predicted octanol–water partition coefficient (Wildman–Crippen LogP) is 3.74. The fraction of sp³-hybridized carbons (Fsp3) is 0.619. The van der Waals surface area contributed by atoms with Gasteiger partial charge < -0.3 is 15.0 Å². The maximum absolute atomic E-state index is 12.6. The second-order valence-electron chi connectivity index (χ2n) is 7.93. The highest BCUT2D eigenvalue weighted by Crippen LogP contribution is 2.30. The van der Waals surface area contributed by atoms with Crippen LogP contribution in [0, 0.1) is 5.92 Å². The highest BCUT2D eigenvalue weighted by atomic mass is 16.5. The highest BCUT2D eigenvalue weighted by Gasteiger charge is 2.38. The van der Waals surface area contributed by atoms with Crippen LogP contribution in [0.1, 0.15) is 57.8 Å². The summed E-state index contributed by atoms with van der Waals surface area (Å²) in [6.07, 6.45) is 9.87. The van der Waals surface area contributed by atoms with Crippen LogP contribution in [0.2, 0.25) is 0 Å². The summed E-state index contributed by atoms with van der Waals surface area (Å²) in [7, 11) is 0. The van der Waals surface area contributed by atoms with Gasteiger partial charge in [-0.1, -0.05) is 18.9 Å². The summed E-state index contributed by atoms with van der Waals surface area (Å²) in [6, 6.07) is 7.97. The molecule has 1 heterocycles. The third-order valence-corrected chi connectivity index (χ3v) is 6.00. The molecule has 2 aliphatic carbocycles. The van der Waals surface area contributed by atoms with Gasteiger partial charge in [-0.15, -0.1) is 0 Å². The quantitative estimate of drug-likeness (QED) is 0.874. The van der Waals surface area contributed by atoms with Gasteiger partial charge in [0.15, 0.2) is 0 Å². The second-order valence-corrected chi connectivity index (χ2v) is 7.93. The zero-order valence-corrected chi connectivity index (χ0v) is 15.3. The molecule has 3 aliphatic rings. The van der Waals surface area contributed by atoms with E-state index in [0.717, 1.165) is 37.1 Å². The number of carbonyl (C=O) groups is 2. The van der Waals surface area contributed by atoms with Crippen LogP contribution in [-0.2, 0) is 9.59 Å². The number of hydrogen-bond acceptors (Lipinski definition) is 3.